The molecule has 2 aromatic heterocycles. The van der Waals surface area contributed by atoms with Crippen LogP contribution in [0.5, 0.6) is 0 Å². The van der Waals surface area contributed by atoms with Crippen molar-refractivity contribution in [1.29, 1.82) is 0 Å². The highest BCUT2D eigenvalue weighted by Gasteiger charge is 2.33. The van der Waals surface area contributed by atoms with Crippen molar-refractivity contribution in [3.8, 4) is 0 Å². The van der Waals surface area contributed by atoms with Gasteiger partial charge in [0.25, 0.3) is 0 Å². The Morgan fingerprint density at radius 3 is 2.56 bits per heavy atom. The van der Waals surface area contributed by atoms with Crippen LogP contribution in [0.1, 0.15) is 34.4 Å². The molecule has 0 aliphatic heterocycles. The largest absolute Gasteiger partial charge is 0.434 e. The first-order chi connectivity index (χ1) is 12.4. The van der Waals surface area contributed by atoms with Gasteiger partial charge < -0.3 is 10.6 Å². The van der Waals surface area contributed by atoms with Gasteiger partial charge in [-0.05, 0) is 13.3 Å². The molecule has 0 aromatic carbocycles. The molecule has 0 atom stereocenters. The van der Waals surface area contributed by atoms with Crippen LogP contribution in [0.2, 0.25) is 0 Å². The number of aryl methyl sites for hydroxylation is 1. The third-order valence-corrected chi connectivity index (χ3v) is 5.47. The lowest BCUT2D eigenvalue weighted by Gasteiger charge is -2.10. The van der Waals surface area contributed by atoms with E-state index >= 15 is 0 Å². The number of nitrogens with zero attached hydrogens (tertiary/aromatic N) is 3. The van der Waals surface area contributed by atoms with E-state index < -0.39 is 11.9 Å². The van der Waals surface area contributed by atoms with Crippen LogP contribution < -0.4 is 10.6 Å². The Morgan fingerprint density at radius 1 is 1.19 bits per heavy atom. The number of halogens is 4. The summed E-state index contributed by atoms with van der Waals surface area (Å²) in [4.78, 5) is 13.6. The maximum atomic E-state index is 12.5. The number of alkyl halides is 3. The summed E-state index contributed by atoms with van der Waals surface area (Å²) in [5.41, 5.74) is -0.832. The number of nitrogens with one attached hydrogen (secondary N) is 2. The smallest absolute Gasteiger partial charge is 0.357 e. The zero-order chi connectivity index (χ0) is 19.0. The van der Waals surface area contributed by atoms with Gasteiger partial charge in [-0.2, -0.15) is 13.2 Å². The third-order valence-electron chi connectivity index (χ3n) is 3.36. The molecule has 0 amide bonds. The second kappa shape index (κ2) is 11.8. The monoisotopic (exact) mass is 533 g/mol. The molecule has 0 unspecified atom stereocenters. The highest BCUT2D eigenvalue weighted by atomic mass is 127. The fourth-order valence-electron chi connectivity index (χ4n) is 2.08. The standard InChI is InChI=1S/C16H22F3N5S2.HI/c1-3-11-9-23-13(26-11)5-7-21-15(20-4-2)22-8-6-14-24-12(10-25-14)16(17,18)19;/h9-10H,3-8H2,1-2H3,(H2,20,21,22);1H. The van der Waals surface area contributed by atoms with Crippen LogP contribution in [0.15, 0.2) is 16.6 Å². The quantitative estimate of drug-likeness (QED) is 0.304. The maximum Gasteiger partial charge on any atom is 0.434 e. The lowest BCUT2D eigenvalue weighted by molar-refractivity contribution is -0.140. The van der Waals surface area contributed by atoms with Gasteiger partial charge in [-0.15, -0.1) is 46.7 Å². The number of rotatable bonds is 8. The van der Waals surface area contributed by atoms with Gasteiger partial charge >= 0.3 is 6.18 Å². The summed E-state index contributed by atoms with van der Waals surface area (Å²) in [6, 6.07) is 0. The van der Waals surface area contributed by atoms with Crippen LogP contribution in [0.25, 0.3) is 0 Å². The van der Waals surface area contributed by atoms with Crippen molar-refractivity contribution in [2.24, 2.45) is 4.99 Å². The lowest BCUT2D eigenvalue weighted by Crippen LogP contribution is -2.38. The average Bonchev–Trinajstić information content (AvgIpc) is 3.23. The van der Waals surface area contributed by atoms with Crippen molar-refractivity contribution >= 4 is 52.6 Å². The highest BCUT2D eigenvalue weighted by Crippen LogP contribution is 2.30. The second-order valence-corrected chi connectivity index (χ2v) is 7.53. The summed E-state index contributed by atoms with van der Waals surface area (Å²) >= 11 is 2.72. The first-order valence-corrected chi connectivity index (χ1v) is 10.1. The average molecular weight is 533 g/mol. The number of aromatic nitrogens is 2. The molecule has 11 heteroatoms. The minimum absolute atomic E-state index is 0. The Kier molecular flexibility index (Phi) is 10.5. The number of hydrogen-bond acceptors (Lipinski definition) is 5. The molecule has 2 N–H and O–H groups in total. The van der Waals surface area contributed by atoms with Crippen LogP contribution in [0, 0.1) is 0 Å². The van der Waals surface area contributed by atoms with Gasteiger partial charge in [-0.25, -0.2) is 9.97 Å². The van der Waals surface area contributed by atoms with Gasteiger partial charge in [0, 0.05) is 48.9 Å². The Balaban J connectivity index is 0.00000364. The van der Waals surface area contributed by atoms with Gasteiger partial charge in [0.15, 0.2) is 11.7 Å². The van der Waals surface area contributed by atoms with Crippen LogP contribution >= 0.6 is 46.7 Å². The summed E-state index contributed by atoms with van der Waals surface area (Å²) in [6.45, 7) is 5.83. The van der Waals surface area contributed by atoms with Gasteiger partial charge in [-0.1, -0.05) is 6.92 Å². The Hall–Kier alpha value is -0.950. The SMILES string of the molecule is CCNC(=NCCc1nc(C(F)(F)F)cs1)NCCc1ncc(CC)s1.I. The third kappa shape index (κ3) is 8.30. The molecule has 0 saturated carbocycles. The first-order valence-electron chi connectivity index (χ1n) is 8.39. The van der Waals surface area contributed by atoms with E-state index in [1.54, 1.807) is 11.3 Å². The molecule has 0 spiro atoms. The molecule has 2 aromatic rings. The topological polar surface area (TPSA) is 62.2 Å². The van der Waals surface area contributed by atoms with E-state index in [9.17, 15) is 13.2 Å². The van der Waals surface area contributed by atoms with E-state index in [1.165, 1.54) is 4.88 Å². The number of aliphatic imine (C=N–C) groups is 1. The van der Waals surface area contributed by atoms with Crippen molar-refractivity contribution in [1.82, 2.24) is 20.6 Å². The molecule has 27 heavy (non-hydrogen) atoms. The minimum atomic E-state index is -4.39. The fourth-order valence-corrected chi connectivity index (χ4v) is 3.73. The van der Waals surface area contributed by atoms with E-state index in [-0.39, 0.29) is 24.0 Å². The molecule has 2 heterocycles. The number of guanidine groups is 1. The molecule has 0 saturated heterocycles. The van der Waals surface area contributed by atoms with E-state index in [1.807, 2.05) is 13.1 Å². The molecule has 0 radical (unpaired) electrons. The van der Waals surface area contributed by atoms with Gasteiger partial charge in [0.1, 0.15) is 0 Å². The van der Waals surface area contributed by atoms with Crippen molar-refractivity contribution in [3.63, 3.8) is 0 Å². The lowest BCUT2D eigenvalue weighted by atomic mass is 10.4. The van der Waals surface area contributed by atoms with Crippen LogP contribution in [0.4, 0.5) is 13.2 Å². The summed E-state index contributed by atoms with van der Waals surface area (Å²) in [6.07, 6.45) is -0.313. The van der Waals surface area contributed by atoms with Gasteiger partial charge in [-0.3, -0.25) is 4.99 Å². The van der Waals surface area contributed by atoms with Crippen molar-refractivity contribution in [2.75, 3.05) is 19.6 Å². The van der Waals surface area contributed by atoms with E-state index in [4.69, 9.17) is 0 Å². The molecular weight excluding hydrogens is 510 g/mol. The predicted octanol–water partition coefficient (Wildman–Crippen LogP) is 4.14. The molecule has 0 fully saturated rings. The molecule has 152 valence electrons. The van der Waals surface area contributed by atoms with Crippen molar-refractivity contribution < 1.29 is 13.2 Å². The van der Waals surface area contributed by atoms with Crippen molar-refractivity contribution in [3.05, 3.63) is 32.2 Å². The Bertz CT molecular complexity index is 715. The highest BCUT2D eigenvalue weighted by molar-refractivity contribution is 14.0. The molecule has 5 nitrogen and oxygen atoms in total. The van der Waals surface area contributed by atoms with Gasteiger partial charge in [0.2, 0.25) is 0 Å². The zero-order valence-corrected chi connectivity index (χ0v) is 19.1. The first kappa shape index (κ1) is 24.1. The van der Waals surface area contributed by atoms with E-state index in [0.29, 0.717) is 37.0 Å². The van der Waals surface area contributed by atoms with Crippen molar-refractivity contribution in [2.45, 2.75) is 39.3 Å². The van der Waals surface area contributed by atoms with E-state index in [2.05, 4.69) is 32.5 Å². The Morgan fingerprint density at radius 2 is 1.96 bits per heavy atom. The summed E-state index contributed by atoms with van der Waals surface area (Å²) < 4.78 is 37.6. The number of thiazole rings is 2. The summed E-state index contributed by atoms with van der Waals surface area (Å²) in [5, 5.41) is 8.90. The van der Waals surface area contributed by atoms with E-state index in [0.717, 1.165) is 34.6 Å². The van der Waals surface area contributed by atoms with Gasteiger partial charge in [0.05, 0.1) is 10.0 Å². The molecular formula is C16H23F3IN5S2. The molecule has 0 bridgehead atoms. The Labute approximate surface area is 181 Å². The predicted molar refractivity (Wildman–Crippen MR) is 115 cm³/mol. The normalized spacial score (nSPS) is 12.0. The zero-order valence-electron chi connectivity index (χ0n) is 15.1. The molecule has 0 aliphatic rings. The van der Waals surface area contributed by atoms with Crippen LogP contribution in [0.3, 0.4) is 0 Å². The number of hydrogen-bond donors (Lipinski definition) is 2. The molecule has 0 aliphatic carbocycles. The van der Waals surface area contributed by atoms with Crippen LogP contribution in [-0.2, 0) is 25.4 Å². The minimum Gasteiger partial charge on any atom is -0.357 e. The summed E-state index contributed by atoms with van der Waals surface area (Å²) in [7, 11) is 0. The maximum absolute atomic E-state index is 12.5. The summed E-state index contributed by atoms with van der Waals surface area (Å²) in [5.74, 6) is 0.646. The fraction of sp³-hybridized carbons (Fsp3) is 0.562. The second-order valence-electron chi connectivity index (χ2n) is 5.39. The molecule has 2 rings (SSSR count). The van der Waals surface area contributed by atoms with Crippen LogP contribution in [-0.4, -0.2) is 35.6 Å².